The van der Waals surface area contributed by atoms with Gasteiger partial charge in [0.15, 0.2) is 0 Å². The first-order chi connectivity index (χ1) is 7.03. The molecule has 0 saturated heterocycles. The molecule has 0 saturated carbocycles. The number of rotatable bonds is 1. The molecule has 0 spiro atoms. The Bertz CT molecular complexity index is 364. The van der Waals surface area contributed by atoms with Crippen molar-refractivity contribution < 1.29 is 5.11 Å². The SMILES string of the molecule is CC(C)(C)c1cc(Br)cc(C(C)(C)N)c1O. The maximum atomic E-state index is 10.3. The summed E-state index contributed by atoms with van der Waals surface area (Å²) in [6.07, 6.45) is 0. The second-order valence-electron chi connectivity index (χ2n) is 5.82. The van der Waals surface area contributed by atoms with Crippen molar-refractivity contribution in [1.82, 2.24) is 0 Å². The third-order valence-corrected chi connectivity index (χ3v) is 3.03. The van der Waals surface area contributed by atoms with Crippen LogP contribution in [0.25, 0.3) is 0 Å². The normalized spacial score (nSPS) is 12.9. The summed E-state index contributed by atoms with van der Waals surface area (Å²) in [4.78, 5) is 0. The lowest BCUT2D eigenvalue weighted by atomic mass is 9.82. The Balaban J connectivity index is 3.51. The van der Waals surface area contributed by atoms with Crippen molar-refractivity contribution in [2.24, 2.45) is 5.73 Å². The van der Waals surface area contributed by atoms with Crippen molar-refractivity contribution in [2.75, 3.05) is 0 Å². The summed E-state index contributed by atoms with van der Waals surface area (Å²) in [5, 5.41) is 10.3. The monoisotopic (exact) mass is 285 g/mol. The minimum atomic E-state index is -0.548. The molecule has 0 bridgehead atoms. The standard InChI is InChI=1S/C13H20BrNO/c1-12(2,3)9-6-8(14)7-10(11(9)16)13(4,5)15/h6-7,16H,15H2,1-5H3. The molecule has 0 fully saturated rings. The molecule has 0 aromatic heterocycles. The van der Waals surface area contributed by atoms with E-state index in [0.717, 1.165) is 15.6 Å². The Kier molecular flexibility index (Phi) is 3.42. The van der Waals surface area contributed by atoms with Crippen LogP contribution in [0.4, 0.5) is 0 Å². The quantitative estimate of drug-likeness (QED) is 0.827. The van der Waals surface area contributed by atoms with E-state index >= 15 is 0 Å². The van der Waals surface area contributed by atoms with Crippen molar-refractivity contribution in [3.05, 3.63) is 27.7 Å². The van der Waals surface area contributed by atoms with E-state index in [-0.39, 0.29) is 5.41 Å². The van der Waals surface area contributed by atoms with Crippen LogP contribution in [-0.4, -0.2) is 5.11 Å². The highest BCUT2D eigenvalue weighted by Crippen LogP contribution is 2.39. The molecule has 3 N–H and O–H groups in total. The Morgan fingerprint density at radius 3 is 1.88 bits per heavy atom. The van der Waals surface area contributed by atoms with Crippen molar-refractivity contribution in [1.29, 1.82) is 0 Å². The van der Waals surface area contributed by atoms with Crippen molar-refractivity contribution in [2.45, 2.75) is 45.6 Å². The van der Waals surface area contributed by atoms with Gasteiger partial charge in [-0.25, -0.2) is 0 Å². The Hall–Kier alpha value is -0.540. The van der Waals surface area contributed by atoms with Gasteiger partial charge in [-0.15, -0.1) is 0 Å². The number of nitrogens with two attached hydrogens (primary N) is 1. The van der Waals surface area contributed by atoms with E-state index in [4.69, 9.17) is 5.73 Å². The number of halogens is 1. The predicted molar refractivity (Wildman–Crippen MR) is 71.7 cm³/mol. The summed E-state index contributed by atoms with van der Waals surface area (Å²) >= 11 is 3.47. The van der Waals surface area contributed by atoms with Crippen LogP contribution in [-0.2, 0) is 11.0 Å². The number of aromatic hydroxyl groups is 1. The zero-order valence-corrected chi connectivity index (χ0v) is 12.1. The van der Waals surface area contributed by atoms with Gasteiger partial charge < -0.3 is 10.8 Å². The smallest absolute Gasteiger partial charge is 0.124 e. The first-order valence-electron chi connectivity index (χ1n) is 5.36. The van der Waals surface area contributed by atoms with Gasteiger partial charge >= 0.3 is 0 Å². The van der Waals surface area contributed by atoms with E-state index in [1.165, 1.54) is 0 Å². The molecule has 16 heavy (non-hydrogen) atoms. The molecule has 3 heteroatoms. The molecule has 0 amide bonds. The topological polar surface area (TPSA) is 46.2 Å². The molecule has 0 heterocycles. The summed E-state index contributed by atoms with van der Waals surface area (Å²) in [5.74, 6) is 0.309. The van der Waals surface area contributed by atoms with Gasteiger partial charge in [0.25, 0.3) is 0 Å². The van der Waals surface area contributed by atoms with Gasteiger partial charge in [0, 0.05) is 21.1 Å². The van der Waals surface area contributed by atoms with Crippen LogP contribution in [0.2, 0.25) is 0 Å². The molecular formula is C13H20BrNO. The van der Waals surface area contributed by atoms with Crippen LogP contribution < -0.4 is 5.73 Å². The van der Waals surface area contributed by atoms with E-state index in [2.05, 4.69) is 36.7 Å². The Morgan fingerprint density at radius 2 is 1.50 bits per heavy atom. The molecule has 0 radical (unpaired) electrons. The van der Waals surface area contributed by atoms with Crippen LogP contribution in [0, 0.1) is 0 Å². The second kappa shape index (κ2) is 4.04. The van der Waals surface area contributed by atoms with Crippen LogP contribution in [0.15, 0.2) is 16.6 Å². The van der Waals surface area contributed by atoms with Crippen LogP contribution in [0.3, 0.4) is 0 Å². The first kappa shape index (κ1) is 13.5. The van der Waals surface area contributed by atoms with Crippen molar-refractivity contribution >= 4 is 15.9 Å². The van der Waals surface area contributed by atoms with E-state index in [0.29, 0.717) is 5.75 Å². The molecule has 1 aromatic carbocycles. The molecule has 0 atom stereocenters. The third-order valence-electron chi connectivity index (χ3n) is 2.58. The van der Waals surface area contributed by atoms with Gasteiger partial charge in [-0.05, 0) is 31.4 Å². The minimum absolute atomic E-state index is 0.103. The molecule has 2 nitrogen and oxygen atoms in total. The minimum Gasteiger partial charge on any atom is -0.507 e. The molecule has 1 rings (SSSR count). The maximum absolute atomic E-state index is 10.3. The van der Waals surface area contributed by atoms with E-state index < -0.39 is 5.54 Å². The number of hydrogen-bond acceptors (Lipinski definition) is 2. The third kappa shape index (κ3) is 2.77. The fourth-order valence-corrected chi connectivity index (χ4v) is 2.12. The first-order valence-corrected chi connectivity index (χ1v) is 6.15. The van der Waals surface area contributed by atoms with E-state index in [1.54, 1.807) is 0 Å². The molecule has 0 aliphatic heterocycles. The van der Waals surface area contributed by atoms with Crippen molar-refractivity contribution in [3.63, 3.8) is 0 Å². The number of phenols is 1. The maximum Gasteiger partial charge on any atom is 0.124 e. The Morgan fingerprint density at radius 1 is 1.06 bits per heavy atom. The molecular weight excluding hydrogens is 266 g/mol. The summed E-state index contributed by atoms with van der Waals surface area (Å²) in [6, 6.07) is 3.83. The van der Waals surface area contributed by atoms with Crippen LogP contribution >= 0.6 is 15.9 Å². The highest BCUT2D eigenvalue weighted by atomic mass is 79.9. The van der Waals surface area contributed by atoms with Crippen molar-refractivity contribution in [3.8, 4) is 5.75 Å². The van der Waals surface area contributed by atoms with Crippen LogP contribution in [0.5, 0.6) is 5.75 Å². The van der Waals surface area contributed by atoms with Gasteiger partial charge in [0.05, 0.1) is 0 Å². The summed E-state index contributed by atoms with van der Waals surface area (Å²) in [6.45, 7) is 9.99. The lowest BCUT2D eigenvalue weighted by molar-refractivity contribution is 0.418. The summed E-state index contributed by atoms with van der Waals surface area (Å²) < 4.78 is 0.948. The average molecular weight is 286 g/mol. The molecule has 0 aliphatic rings. The molecule has 0 aliphatic carbocycles. The molecule has 1 aromatic rings. The van der Waals surface area contributed by atoms with Gasteiger partial charge in [0.1, 0.15) is 5.75 Å². The summed E-state index contributed by atoms with van der Waals surface area (Å²) in [5.41, 5.74) is 7.09. The molecule has 0 unspecified atom stereocenters. The highest BCUT2D eigenvalue weighted by molar-refractivity contribution is 9.10. The zero-order chi connectivity index (χ0) is 12.7. The van der Waals surface area contributed by atoms with Gasteiger partial charge in [0.2, 0.25) is 0 Å². The fourth-order valence-electron chi connectivity index (χ4n) is 1.66. The number of benzene rings is 1. The van der Waals surface area contributed by atoms with Gasteiger partial charge in [-0.3, -0.25) is 0 Å². The van der Waals surface area contributed by atoms with Crippen LogP contribution in [0.1, 0.15) is 45.7 Å². The van der Waals surface area contributed by atoms with Gasteiger partial charge in [-0.2, -0.15) is 0 Å². The predicted octanol–water partition coefficient (Wildman–Crippen LogP) is 3.65. The number of phenolic OH excluding ortho intramolecular Hbond substituents is 1. The Labute approximate surface area is 106 Å². The van der Waals surface area contributed by atoms with E-state index in [1.807, 2.05) is 26.0 Å². The second-order valence-corrected chi connectivity index (χ2v) is 6.74. The highest BCUT2D eigenvalue weighted by Gasteiger charge is 2.26. The lowest BCUT2D eigenvalue weighted by Crippen LogP contribution is -2.29. The molecule has 90 valence electrons. The van der Waals surface area contributed by atoms with Gasteiger partial charge in [-0.1, -0.05) is 36.7 Å². The largest absolute Gasteiger partial charge is 0.507 e. The zero-order valence-electron chi connectivity index (χ0n) is 10.6. The van der Waals surface area contributed by atoms with E-state index in [9.17, 15) is 5.11 Å². The number of hydrogen-bond donors (Lipinski definition) is 2. The average Bonchev–Trinajstić information content (AvgIpc) is 2.04. The fraction of sp³-hybridized carbons (Fsp3) is 0.538. The summed E-state index contributed by atoms with van der Waals surface area (Å²) in [7, 11) is 0. The lowest BCUT2D eigenvalue weighted by Gasteiger charge is -2.27.